The third-order valence-corrected chi connectivity index (χ3v) is 5.55. The van der Waals surface area contributed by atoms with Crippen LogP contribution in [0.25, 0.3) is 0 Å². The Morgan fingerprint density at radius 2 is 1.76 bits per heavy atom. The third-order valence-electron chi connectivity index (χ3n) is 5.55. The van der Waals surface area contributed by atoms with Crippen molar-refractivity contribution in [2.75, 3.05) is 41.5 Å². The van der Waals surface area contributed by atoms with Crippen molar-refractivity contribution in [2.24, 2.45) is 0 Å². The fourth-order valence-corrected chi connectivity index (χ4v) is 4.08. The van der Waals surface area contributed by atoms with E-state index < -0.39 is 0 Å². The average molecular weight is 462 g/mol. The highest BCUT2D eigenvalue weighted by molar-refractivity contribution is 5.81. The molecule has 6 heteroatoms. The highest BCUT2D eigenvalue weighted by atomic mass is 79.9. The zero-order valence-electron chi connectivity index (χ0n) is 17.4. The number of hydrogen-bond donors (Lipinski definition) is 0. The monoisotopic (exact) mass is 461 g/mol. The van der Waals surface area contributed by atoms with E-state index in [0.29, 0.717) is 0 Å². The van der Waals surface area contributed by atoms with Gasteiger partial charge < -0.3 is 35.7 Å². The van der Waals surface area contributed by atoms with E-state index in [2.05, 4.69) is 43.4 Å². The van der Waals surface area contributed by atoms with Crippen LogP contribution in [0.3, 0.4) is 0 Å². The van der Waals surface area contributed by atoms with Crippen molar-refractivity contribution in [2.45, 2.75) is 12.5 Å². The molecular formula is C23H28BrNO4. The second-order valence-corrected chi connectivity index (χ2v) is 7.28. The van der Waals surface area contributed by atoms with Crippen LogP contribution in [0.2, 0.25) is 0 Å². The first kappa shape index (κ1) is 23.0. The SMILES string of the molecule is COC(=O)/C=C/C[N@+]1(C)CCc2cc(OC)c(OC)cc2[C@H]1c1ccccc1.[Br-]. The van der Waals surface area contributed by atoms with E-state index in [0.717, 1.165) is 35.5 Å². The molecule has 0 unspecified atom stereocenters. The zero-order chi connectivity index (χ0) is 20.1. The summed E-state index contributed by atoms with van der Waals surface area (Å²) in [5.74, 6) is 1.17. The molecule has 0 fully saturated rings. The number of quaternary nitrogens is 1. The maximum atomic E-state index is 11.5. The summed E-state index contributed by atoms with van der Waals surface area (Å²) >= 11 is 0. The van der Waals surface area contributed by atoms with Crippen LogP contribution in [0.4, 0.5) is 0 Å². The number of halogens is 1. The summed E-state index contributed by atoms with van der Waals surface area (Å²) in [6.07, 6.45) is 4.35. The molecule has 0 spiro atoms. The summed E-state index contributed by atoms with van der Waals surface area (Å²) in [4.78, 5) is 11.5. The van der Waals surface area contributed by atoms with Gasteiger partial charge in [-0.15, -0.1) is 0 Å². The van der Waals surface area contributed by atoms with Gasteiger partial charge in [-0.05, 0) is 23.8 Å². The number of ether oxygens (including phenoxy) is 3. The molecule has 0 saturated heterocycles. The molecule has 1 aliphatic rings. The molecule has 3 rings (SSSR count). The first-order chi connectivity index (χ1) is 13.5. The molecule has 0 N–H and O–H groups in total. The molecule has 0 aromatic heterocycles. The second kappa shape index (κ2) is 9.94. The number of carbonyl (C=O) groups excluding carboxylic acids is 1. The molecule has 1 heterocycles. The van der Waals surface area contributed by atoms with Crippen LogP contribution in [0.5, 0.6) is 11.5 Å². The molecule has 0 radical (unpaired) electrons. The summed E-state index contributed by atoms with van der Waals surface area (Å²) in [5, 5.41) is 0. The number of nitrogens with zero attached hydrogens (tertiary/aromatic N) is 1. The number of rotatable bonds is 6. The number of likely N-dealkylation sites (N-methyl/N-ethyl adjacent to an activating group) is 1. The summed E-state index contributed by atoms with van der Waals surface area (Å²) in [7, 11) is 6.96. The molecule has 156 valence electrons. The number of hydrogen-bond acceptors (Lipinski definition) is 4. The lowest BCUT2D eigenvalue weighted by Gasteiger charge is -2.45. The summed E-state index contributed by atoms with van der Waals surface area (Å²) in [6.45, 7) is 1.68. The Morgan fingerprint density at radius 1 is 1.10 bits per heavy atom. The van der Waals surface area contributed by atoms with Crippen LogP contribution in [0, 0.1) is 0 Å². The molecule has 2 aromatic carbocycles. The van der Waals surface area contributed by atoms with E-state index in [1.165, 1.54) is 29.9 Å². The fourth-order valence-electron chi connectivity index (χ4n) is 4.08. The van der Waals surface area contributed by atoms with Gasteiger partial charge in [-0.1, -0.05) is 30.3 Å². The van der Waals surface area contributed by atoms with Gasteiger partial charge in [0.25, 0.3) is 0 Å². The fraction of sp³-hybridized carbons (Fsp3) is 0.348. The van der Waals surface area contributed by atoms with Gasteiger partial charge >= 0.3 is 5.97 Å². The quantitative estimate of drug-likeness (QED) is 0.357. The number of carbonyl (C=O) groups is 1. The number of esters is 1. The number of methoxy groups -OCH3 is 3. The molecule has 2 aromatic rings. The predicted molar refractivity (Wildman–Crippen MR) is 109 cm³/mol. The van der Waals surface area contributed by atoms with Gasteiger partial charge in [0, 0.05) is 23.6 Å². The molecule has 1 aliphatic heterocycles. The summed E-state index contributed by atoms with van der Waals surface area (Å²) < 4.78 is 16.6. The van der Waals surface area contributed by atoms with Crippen LogP contribution < -0.4 is 26.5 Å². The van der Waals surface area contributed by atoms with Gasteiger partial charge in [0.1, 0.15) is 6.04 Å². The van der Waals surface area contributed by atoms with Gasteiger partial charge in [0.2, 0.25) is 0 Å². The van der Waals surface area contributed by atoms with Gasteiger partial charge in [-0.2, -0.15) is 0 Å². The Kier molecular flexibility index (Phi) is 7.88. The van der Waals surface area contributed by atoms with Crippen molar-refractivity contribution in [1.29, 1.82) is 0 Å². The maximum absolute atomic E-state index is 11.5. The van der Waals surface area contributed by atoms with Crippen LogP contribution in [0.1, 0.15) is 22.7 Å². The highest BCUT2D eigenvalue weighted by Gasteiger charge is 2.40. The molecule has 2 atom stereocenters. The van der Waals surface area contributed by atoms with Gasteiger partial charge in [-0.25, -0.2) is 4.79 Å². The lowest BCUT2D eigenvalue weighted by Crippen LogP contribution is -3.00. The molecule has 5 nitrogen and oxygen atoms in total. The minimum Gasteiger partial charge on any atom is -1.00 e. The van der Waals surface area contributed by atoms with Crippen molar-refractivity contribution >= 4 is 5.97 Å². The largest absolute Gasteiger partial charge is 1.00 e. The number of fused-ring (bicyclic) bond motifs is 1. The Morgan fingerprint density at radius 3 is 2.38 bits per heavy atom. The zero-order valence-corrected chi connectivity index (χ0v) is 18.9. The van der Waals surface area contributed by atoms with Gasteiger partial charge in [-0.3, -0.25) is 0 Å². The topological polar surface area (TPSA) is 44.8 Å². The Balaban J connectivity index is 0.00000300. The predicted octanol–water partition coefficient (Wildman–Crippen LogP) is 0.529. The van der Waals surface area contributed by atoms with Crippen LogP contribution in [-0.4, -0.2) is 51.9 Å². The minimum atomic E-state index is -0.327. The lowest BCUT2D eigenvalue weighted by atomic mass is 9.85. The molecule has 0 aliphatic carbocycles. The Labute approximate surface area is 183 Å². The van der Waals surface area contributed by atoms with E-state index in [1.54, 1.807) is 14.2 Å². The lowest BCUT2D eigenvalue weighted by molar-refractivity contribution is -0.930. The molecule has 0 saturated carbocycles. The van der Waals surface area contributed by atoms with Crippen molar-refractivity contribution < 1.29 is 40.5 Å². The van der Waals surface area contributed by atoms with E-state index in [-0.39, 0.29) is 29.0 Å². The molecular weight excluding hydrogens is 434 g/mol. The maximum Gasteiger partial charge on any atom is 0.330 e. The smallest absolute Gasteiger partial charge is 0.330 e. The van der Waals surface area contributed by atoms with E-state index >= 15 is 0 Å². The molecule has 29 heavy (non-hydrogen) atoms. The van der Waals surface area contributed by atoms with Crippen LogP contribution in [-0.2, 0) is 16.0 Å². The number of benzene rings is 2. The summed E-state index contributed by atoms with van der Waals surface area (Å²) in [5.41, 5.74) is 3.76. The van der Waals surface area contributed by atoms with E-state index in [4.69, 9.17) is 14.2 Å². The average Bonchev–Trinajstić information content (AvgIpc) is 2.73. The van der Waals surface area contributed by atoms with Crippen molar-refractivity contribution in [1.82, 2.24) is 0 Å². The van der Waals surface area contributed by atoms with Crippen LogP contribution in [0.15, 0.2) is 54.6 Å². The first-order valence-corrected chi connectivity index (χ1v) is 9.41. The first-order valence-electron chi connectivity index (χ1n) is 9.41. The van der Waals surface area contributed by atoms with Crippen molar-refractivity contribution in [3.63, 3.8) is 0 Å². The second-order valence-electron chi connectivity index (χ2n) is 7.28. The third kappa shape index (κ3) is 4.82. The summed E-state index contributed by atoms with van der Waals surface area (Å²) in [6, 6.07) is 14.8. The standard InChI is InChI=1S/C23H28NO4.BrH/c1-24(13-8-11-22(25)28-4)14-12-18-15-20(26-2)21(27-3)16-19(18)23(24)17-9-6-5-7-10-17;/h5-11,15-16,23H,12-14H2,1-4H3;1H/q+1;/p-1/b11-8+;/t23-,24-;/m1./s1. The Hall–Kier alpha value is -2.31. The van der Waals surface area contributed by atoms with Crippen molar-refractivity contribution in [3.8, 4) is 11.5 Å². The van der Waals surface area contributed by atoms with E-state index in [1.807, 2.05) is 12.1 Å². The van der Waals surface area contributed by atoms with Gasteiger partial charge in [0.15, 0.2) is 11.5 Å². The Bertz CT molecular complexity index is 869. The molecule has 0 amide bonds. The minimum absolute atomic E-state index is 0. The normalized spacial score (nSPS) is 20.5. The molecule has 0 bridgehead atoms. The van der Waals surface area contributed by atoms with Gasteiger partial charge in [0.05, 0.1) is 41.5 Å². The van der Waals surface area contributed by atoms with Crippen molar-refractivity contribution in [3.05, 3.63) is 71.3 Å². The van der Waals surface area contributed by atoms with Crippen LogP contribution >= 0.6 is 0 Å². The van der Waals surface area contributed by atoms with E-state index in [9.17, 15) is 4.79 Å². The highest BCUT2D eigenvalue weighted by Crippen LogP contribution is 2.43.